The molecule has 2 aromatic rings. The van der Waals surface area contributed by atoms with Crippen molar-refractivity contribution >= 4 is 28.3 Å². The summed E-state index contributed by atoms with van der Waals surface area (Å²) in [5.41, 5.74) is 0.511. The molecular weight excluding hydrogens is 246 g/mol. The number of amides is 1. The zero-order valence-corrected chi connectivity index (χ0v) is 10.00. The van der Waals surface area contributed by atoms with Crippen LogP contribution in [0.1, 0.15) is 0 Å². The van der Waals surface area contributed by atoms with Gasteiger partial charge in [-0.2, -0.15) is 0 Å². The molecule has 1 amide bonds. The van der Waals surface area contributed by atoms with E-state index in [0.29, 0.717) is 18.0 Å². The Kier molecular flexibility index (Phi) is 2.59. The van der Waals surface area contributed by atoms with Gasteiger partial charge in [0.2, 0.25) is 0 Å². The third-order valence-corrected chi connectivity index (χ3v) is 3.14. The molecule has 0 atom stereocenters. The summed E-state index contributed by atoms with van der Waals surface area (Å²) in [5.74, 6) is -1.82. The average molecular weight is 257 g/mol. The molecule has 96 valence electrons. The van der Waals surface area contributed by atoms with Gasteiger partial charge in [-0.25, -0.2) is 4.79 Å². The van der Waals surface area contributed by atoms with Crippen LogP contribution in [0.15, 0.2) is 36.4 Å². The number of hydrogen-bond donors (Lipinski definition) is 1. The largest absolute Gasteiger partial charge is 0.489 e. The Balaban J connectivity index is 2.18. The van der Waals surface area contributed by atoms with Gasteiger partial charge in [-0.05, 0) is 11.5 Å². The van der Waals surface area contributed by atoms with E-state index in [9.17, 15) is 9.59 Å². The smallest absolute Gasteiger partial charge is 0.394 e. The second-order valence-corrected chi connectivity index (χ2v) is 4.25. The van der Waals surface area contributed by atoms with Crippen LogP contribution in [-0.4, -0.2) is 30.1 Å². The molecule has 0 saturated heterocycles. The van der Waals surface area contributed by atoms with E-state index in [1.165, 1.54) is 4.90 Å². The van der Waals surface area contributed by atoms with Crippen molar-refractivity contribution in [3.63, 3.8) is 0 Å². The topological polar surface area (TPSA) is 66.8 Å². The molecule has 1 aliphatic heterocycles. The number of benzene rings is 2. The zero-order chi connectivity index (χ0) is 13.4. The average Bonchev–Trinajstić information content (AvgIpc) is 2.45. The van der Waals surface area contributed by atoms with Gasteiger partial charge < -0.3 is 9.84 Å². The van der Waals surface area contributed by atoms with Crippen LogP contribution in [-0.2, 0) is 9.59 Å². The lowest BCUT2D eigenvalue weighted by Gasteiger charge is -2.29. The number of anilines is 1. The summed E-state index contributed by atoms with van der Waals surface area (Å²) in [6.07, 6.45) is 0. The van der Waals surface area contributed by atoms with Gasteiger partial charge in [-0.3, -0.25) is 9.69 Å². The summed E-state index contributed by atoms with van der Waals surface area (Å²) >= 11 is 0. The minimum absolute atomic E-state index is 0.247. The van der Waals surface area contributed by atoms with Crippen LogP contribution in [0.4, 0.5) is 5.69 Å². The molecule has 3 rings (SSSR count). The summed E-state index contributed by atoms with van der Waals surface area (Å²) in [5, 5.41) is 10.7. The Labute approximate surface area is 109 Å². The summed E-state index contributed by atoms with van der Waals surface area (Å²) in [7, 11) is 0. The maximum Gasteiger partial charge on any atom is 0.394 e. The molecule has 1 aliphatic rings. The standard InChI is InChI=1S/C14H11NO4/c16-13(14(17)18)15-7-8-19-12-10-4-2-1-3-9(10)5-6-11(12)15/h1-6H,7-8H2,(H,17,18). The Morgan fingerprint density at radius 1 is 1.16 bits per heavy atom. The van der Waals surface area contributed by atoms with Gasteiger partial charge in [0.15, 0.2) is 5.75 Å². The van der Waals surface area contributed by atoms with E-state index < -0.39 is 11.9 Å². The van der Waals surface area contributed by atoms with E-state index in [-0.39, 0.29) is 6.54 Å². The van der Waals surface area contributed by atoms with Gasteiger partial charge in [-0.1, -0.05) is 30.3 Å². The molecule has 1 heterocycles. The summed E-state index contributed by atoms with van der Waals surface area (Å²) in [4.78, 5) is 23.8. The first-order valence-electron chi connectivity index (χ1n) is 5.88. The number of carbonyl (C=O) groups is 2. The lowest BCUT2D eigenvalue weighted by Crippen LogP contribution is -2.41. The van der Waals surface area contributed by atoms with Gasteiger partial charge >= 0.3 is 11.9 Å². The highest BCUT2D eigenvalue weighted by Gasteiger charge is 2.28. The number of carboxylic acids is 1. The molecule has 2 aromatic carbocycles. The maximum absolute atomic E-state index is 11.7. The van der Waals surface area contributed by atoms with E-state index in [1.54, 1.807) is 6.07 Å². The normalized spacial score (nSPS) is 13.8. The fourth-order valence-electron chi connectivity index (χ4n) is 2.28. The third kappa shape index (κ3) is 1.79. The molecule has 19 heavy (non-hydrogen) atoms. The van der Waals surface area contributed by atoms with E-state index in [4.69, 9.17) is 9.84 Å². The van der Waals surface area contributed by atoms with Gasteiger partial charge in [0.25, 0.3) is 0 Å². The highest BCUT2D eigenvalue weighted by molar-refractivity contribution is 6.37. The monoisotopic (exact) mass is 257 g/mol. The molecule has 0 aliphatic carbocycles. The molecule has 0 unspecified atom stereocenters. The molecule has 0 radical (unpaired) electrons. The molecule has 0 spiro atoms. The minimum atomic E-state index is -1.46. The molecule has 5 nitrogen and oxygen atoms in total. The number of carboxylic acid groups (broad SMARTS) is 1. The predicted molar refractivity (Wildman–Crippen MR) is 69.4 cm³/mol. The van der Waals surface area contributed by atoms with Crippen LogP contribution in [0.25, 0.3) is 10.8 Å². The highest BCUT2D eigenvalue weighted by atomic mass is 16.5. The predicted octanol–water partition coefficient (Wildman–Crippen LogP) is 1.65. The van der Waals surface area contributed by atoms with E-state index in [1.807, 2.05) is 30.3 Å². The molecular formula is C14H11NO4. The Bertz CT molecular complexity index is 680. The Morgan fingerprint density at radius 3 is 2.74 bits per heavy atom. The number of fused-ring (bicyclic) bond motifs is 3. The van der Waals surface area contributed by atoms with Crippen LogP contribution in [0.5, 0.6) is 5.75 Å². The molecule has 1 N–H and O–H groups in total. The molecule has 0 bridgehead atoms. The quantitative estimate of drug-likeness (QED) is 0.729. The van der Waals surface area contributed by atoms with Gasteiger partial charge in [0.05, 0.1) is 12.2 Å². The number of ether oxygens (including phenoxy) is 1. The Hall–Kier alpha value is -2.56. The fourth-order valence-corrected chi connectivity index (χ4v) is 2.28. The first-order valence-corrected chi connectivity index (χ1v) is 5.88. The van der Waals surface area contributed by atoms with E-state index in [0.717, 1.165) is 10.8 Å². The summed E-state index contributed by atoms with van der Waals surface area (Å²) in [6, 6.07) is 11.2. The van der Waals surface area contributed by atoms with Crippen LogP contribution in [0.2, 0.25) is 0 Å². The van der Waals surface area contributed by atoms with Gasteiger partial charge in [0, 0.05) is 5.39 Å². The molecule has 0 saturated carbocycles. The fraction of sp³-hybridized carbons (Fsp3) is 0.143. The van der Waals surface area contributed by atoms with Crippen molar-refractivity contribution in [2.45, 2.75) is 0 Å². The van der Waals surface area contributed by atoms with E-state index in [2.05, 4.69) is 0 Å². The first-order chi connectivity index (χ1) is 9.18. The summed E-state index contributed by atoms with van der Waals surface area (Å²) < 4.78 is 5.61. The van der Waals surface area contributed by atoms with Crippen LogP contribution < -0.4 is 9.64 Å². The van der Waals surface area contributed by atoms with Crippen molar-refractivity contribution in [3.8, 4) is 5.75 Å². The van der Waals surface area contributed by atoms with Crippen molar-refractivity contribution in [2.24, 2.45) is 0 Å². The Morgan fingerprint density at radius 2 is 1.95 bits per heavy atom. The number of nitrogens with zero attached hydrogens (tertiary/aromatic N) is 1. The zero-order valence-electron chi connectivity index (χ0n) is 10.00. The van der Waals surface area contributed by atoms with Crippen molar-refractivity contribution in [2.75, 3.05) is 18.1 Å². The van der Waals surface area contributed by atoms with Crippen molar-refractivity contribution in [1.82, 2.24) is 0 Å². The number of hydrogen-bond acceptors (Lipinski definition) is 3. The van der Waals surface area contributed by atoms with Crippen LogP contribution in [0, 0.1) is 0 Å². The van der Waals surface area contributed by atoms with Crippen molar-refractivity contribution in [1.29, 1.82) is 0 Å². The second-order valence-electron chi connectivity index (χ2n) is 4.25. The SMILES string of the molecule is O=C(O)C(=O)N1CCOc2c1ccc1ccccc21. The number of rotatable bonds is 0. The van der Waals surface area contributed by atoms with Crippen LogP contribution in [0.3, 0.4) is 0 Å². The van der Waals surface area contributed by atoms with Crippen molar-refractivity contribution in [3.05, 3.63) is 36.4 Å². The highest BCUT2D eigenvalue weighted by Crippen LogP contribution is 2.38. The number of carbonyl (C=O) groups excluding carboxylic acids is 1. The molecule has 5 heteroatoms. The summed E-state index contributed by atoms with van der Waals surface area (Å²) in [6.45, 7) is 0.538. The lowest BCUT2D eigenvalue weighted by molar-refractivity contribution is -0.148. The van der Waals surface area contributed by atoms with E-state index >= 15 is 0 Å². The first kappa shape index (κ1) is 11.5. The molecule has 0 fully saturated rings. The molecule has 0 aromatic heterocycles. The maximum atomic E-state index is 11.7. The number of aliphatic carboxylic acids is 1. The van der Waals surface area contributed by atoms with Crippen LogP contribution >= 0.6 is 0 Å². The second kappa shape index (κ2) is 4.28. The van der Waals surface area contributed by atoms with Gasteiger partial charge in [-0.15, -0.1) is 0 Å². The van der Waals surface area contributed by atoms with Crippen molar-refractivity contribution < 1.29 is 19.4 Å². The third-order valence-electron chi connectivity index (χ3n) is 3.14. The minimum Gasteiger partial charge on any atom is -0.489 e. The lowest BCUT2D eigenvalue weighted by atomic mass is 10.1. The van der Waals surface area contributed by atoms with Gasteiger partial charge in [0.1, 0.15) is 6.61 Å².